The quantitative estimate of drug-likeness (QED) is 0.748. The number of benzene rings is 1. The van der Waals surface area contributed by atoms with Gasteiger partial charge in [0.05, 0.1) is 0 Å². The molecule has 0 unspecified atom stereocenters. The molecule has 144 valence electrons. The number of para-hydroxylation sites is 1. The fourth-order valence-electron chi connectivity index (χ4n) is 3.11. The number of piperidine rings is 1. The predicted octanol–water partition coefficient (Wildman–Crippen LogP) is 3.18. The highest BCUT2D eigenvalue weighted by Crippen LogP contribution is 2.22. The molecule has 0 saturated carbocycles. The van der Waals surface area contributed by atoms with Gasteiger partial charge in [-0.25, -0.2) is 18.7 Å². The molecule has 0 spiro atoms. The third kappa shape index (κ3) is 3.68. The van der Waals surface area contributed by atoms with E-state index in [-0.39, 0.29) is 11.6 Å². The van der Waals surface area contributed by atoms with Crippen LogP contribution in [0.2, 0.25) is 0 Å². The zero-order chi connectivity index (χ0) is 19.5. The van der Waals surface area contributed by atoms with Crippen LogP contribution < -0.4 is 10.2 Å². The van der Waals surface area contributed by atoms with Gasteiger partial charge < -0.3 is 10.2 Å². The number of hydrogen-bond donors (Lipinski definition) is 1. The number of carbonyl (C=O) groups excluding carboxylic acids is 1. The summed E-state index contributed by atoms with van der Waals surface area (Å²) in [7, 11) is 0. The lowest BCUT2D eigenvalue weighted by Crippen LogP contribution is -2.31. The van der Waals surface area contributed by atoms with Gasteiger partial charge in [0.2, 0.25) is 5.95 Å². The van der Waals surface area contributed by atoms with Gasteiger partial charge in [-0.05, 0) is 31.4 Å². The molecule has 1 aromatic carbocycles. The molecule has 1 aliphatic heterocycles. The van der Waals surface area contributed by atoms with Crippen LogP contribution in [0.5, 0.6) is 0 Å². The van der Waals surface area contributed by atoms with Gasteiger partial charge in [-0.15, -0.1) is 0 Å². The highest BCUT2D eigenvalue weighted by molar-refractivity contribution is 6.03. The first kappa shape index (κ1) is 18.0. The summed E-state index contributed by atoms with van der Waals surface area (Å²) >= 11 is 0. The van der Waals surface area contributed by atoms with Crippen LogP contribution in [-0.2, 0) is 0 Å². The van der Waals surface area contributed by atoms with Crippen molar-refractivity contribution in [2.75, 3.05) is 23.3 Å². The number of carbonyl (C=O) groups is 1. The molecule has 9 heteroatoms. The van der Waals surface area contributed by atoms with Crippen molar-refractivity contribution in [3.8, 4) is 5.95 Å². The van der Waals surface area contributed by atoms with Crippen LogP contribution in [0, 0.1) is 11.6 Å². The smallest absolute Gasteiger partial charge is 0.274 e. The van der Waals surface area contributed by atoms with E-state index in [1.54, 1.807) is 23.0 Å². The summed E-state index contributed by atoms with van der Waals surface area (Å²) in [4.78, 5) is 27.5. The van der Waals surface area contributed by atoms with Gasteiger partial charge in [-0.1, -0.05) is 6.07 Å². The van der Waals surface area contributed by atoms with Gasteiger partial charge in [0, 0.05) is 31.5 Å². The molecule has 3 heterocycles. The largest absolute Gasteiger partial charge is 0.356 e. The van der Waals surface area contributed by atoms with E-state index in [1.807, 2.05) is 0 Å². The summed E-state index contributed by atoms with van der Waals surface area (Å²) in [6.45, 7) is 1.65. The Labute approximate surface area is 160 Å². The van der Waals surface area contributed by atoms with Crippen LogP contribution in [0.15, 0.2) is 43.0 Å². The molecular weight excluding hydrogens is 366 g/mol. The van der Waals surface area contributed by atoms with E-state index in [0.717, 1.165) is 44.5 Å². The molecule has 28 heavy (non-hydrogen) atoms. The standard InChI is InChI=1S/C19H18F2N6O/c20-13-5-4-6-14(21)17(13)25-18(28)15-11-16(26-8-2-1-3-9-26)24-19(23-15)27-10-7-22-12-27/h4-7,10-12H,1-3,8-9H2,(H,25,28). The van der Waals surface area contributed by atoms with Crippen molar-refractivity contribution in [3.05, 3.63) is 60.3 Å². The monoisotopic (exact) mass is 384 g/mol. The first-order valence-electron chi connectivity index (χ1n) is 8.99. The second kappa shape index (κ2) is 7.71. The second-order valence-electron chi connectivity index (χ2n) is 6.48. The van der Waals surface area contributed by atoms with Crippen LogP contribution in [0.25, 0.3) is 5.95 Å². The summed E-state index contributed by atoms with van der Waals surface area (Å²) in [5.41, 5.74) is -0.489. The molecule has 1 fully saturated rings. The third-order valence-electron chi connectivity index (χ3n) is 4.55. The van der Waals surface area contributed by atoms with Crippen LogP contribution in [0.4, 0.5) is 20.3 Å². The molecule has 1 saturated heterocycles. The fourth-order valence-corrected chi connectivity index (χ4v) is 3.11. The van der Waals surface area contributed by atoms with Crippen LogP contribution in [-0.4, -0.2) is 38.5 Å². The van der Waals surface area contributed by atoms with Crippen molar-refractivity contribution < 1.29 is 13.6 Å². The number of imidazole rings is 1. The van der Waals surface area contributed by atoms with E-state index in [0.29, 0.717) is 5.82 Å². The highest BCUT2D eigenvalue weighted by Gasteiger charge is 2.20. The lowest BCUT2D eigenvalue weighted by atomic mass is 10.1. The molecule has 2 aromatic heterocycles. The average molecular weight is 384 g/mol. The van der Waals surface area contributed by atoms with Gasteiger partial charge in [0.15, 0.2) is 0 Å². The van der Waals surface area contributed by atoms with Crippen molar-refractivity contribution in [2.24, 2.45) is 0 Å². The van der Waals surface area contributed by atoms with Crippen molar-refractivity contribution in [3.63, 3.8) is 0 Å². The number of aromatic nitrogens is 4. The van der Waals surface area contributed by atoms with Crippen molar-refractivity contribution >= 4 is 17.4 Å². The maximum absolute atomic E-state index is 13.9. The number of hydrogen-bond acceptors (Lipinski definition) is 5. The van der Waals surface area contributed by atoms with E-state index in [2.05, 4.69) is 25.2 Å². The Bertz CT molecular complexity index is 966. The SMILES string of the molecule is O=C(Nc1c(F)cccc1F)c1cc(N2CCCCC2)nc(-n2ccnc2)n1. The predicted molar refractivity (Wildman–Crippen MR) is 99.5 cm³/mol. The first-order valence-corrected chi connectivity index (χ1v) is 8.99. The van der Waals surface area contributed by atoms with Crippen LogP contribution >= 0.6 is 0 Å². The number of anilines is 2. The van der Waals surface area contributed by atoms with E-state index in [4.69, 9.17) is 0 Å². The maximum atomic E-state index is 13.9. The number of amides is 1. The fraction of sp³-hybridized carbons (Fsp3) is 0.263. The average Bonchev–Trinajstić information content (AvgIpc) is 3.26. The lowest BCUT2D eigenvalue weighted by Gasteiger charge is -2.28. The molecule has 0 radical (unpaired) electrons. The number of nitrogens with zero attached hydrogens (tertiary/aromatic N) is 5. The third-order valence-corrected chi connectivity index (χ3v) is 4.55. The van der Waals surface area contributed by atoms with Crippen LogP contribution in [0.3, 0.4) is 0 Å². The van der Waals surface area contributed by atoms with E-state index in [9.17, 15) is 13.6 Å². The van der Waals surface area contributed by atoms with Crippen molar-refractivity contribution in [1.82, 2.24) is 19.5 Å². The summed E-state index contributed by atoms with van der Waals surface area (Å²) < 4.78 is 29.4. The van der Waals surface area contributed by atoms with E-state index >= 15 is 0 Å². The number of rotatable bonds is 4. The minimum atomic E-state index is -0.853. The van der Waals surface area contributed by atoms with Crippen LogP contribution in [0.1, 0.15) is 29.8 Å². The molecule has 4 rings (SSSR count). The van der Waals surface area contributed by atoms with Gasteiger partial charge >= 0.3 is 0 Å². The summed E-state index contributed by atoms with van der Waals surface area (Å²) in [6.07, 6.45) is 7.97. The van der Waals surface area contributed by atoms with Gasteiger partial charge in [-0.3, -0.25) is 9.36 Å². The van der Waals surface area contributed by atoms with Gasteiger partial charge in [0.1, 0.15) is 35.2 Å². The molecule has 0 bridgehead atoms. The lowest BCUT2D eigenvalue weighted by molar-refractivity contribution is 0.102. The Balaban J connectivity index is 1.70. The molecule has 1 N–H and O–H groups in total. The minimum absolute atomic E-state index is 0.0157. The normalized spacial score (nSPS) is 14.1. The molecule has 1 amide bonds. The van der Waals surface area contributed by atoms with Crippen molar-refractivity contribution in [2.45, 2.75) is 19.3 Å². The van der Waals surface area contributed by atoms with E-state index < -0.39 is 23.2 Å². The summed E-state index contributed by atoms with van der Waals surface area (Å²) in [6, 6.07) is 4.93. The minimum Gasteiger partial charge on any atom is -0.356 e. The topological polar surface area (TPSA) is 75.9 Å². The first-order chi connectivity index (χ1) is 13.6. The highest BCUT2D eigenvalue weighted by atomic mass is 19.1. The Hall–Kier alpha value is -3.36. The molecular formula is C19H18F2N6O. The van der Waals surface area contributed by atoms with Gasteiger partial charge in [0.25, 0.3) is 5.91 Å². The van der Waals surface area contributed by atoms with Crippen molar-refractivity contribution in [1.29, 1.82) is 0 Å². The Kier molecular flexibility index (Phi) is 4.96. The molecule has 3 aromatic rings. The summed E-state index contributed by atoms with van der Waals surface area (Å²) in [5, 5.41) is 2.27. The Morgan fingerprint density at radius 1 is 1.07 bits per heavy atom. The maximum Gasteiger partial charge on any atom is 0.274 e. The Morgan fingerprint density at radius 3 is 2.50 bits per heavy atom. The molecule has 1 aliphatic rings. The summed E-state index contributed by atoms with van der Waals surface area (Å²) in [5.74, 6) is -1.56. The molecule has 0 atom stereocenters. The Morgan fingerprint density at radius 2 is 1.82 bits per heavy atom. The molecule has 0 aliphatic carbocycles. The molecule has 7 nitrogen and oxygen atoms in total. The second-order valence-corrected chi connectivity index (χ2v) is 6.48. The zero-order valence-corrected chi connectivity index (χ0v) is 15.0. The zero-order valence-electron chi connectivity index (χ0n) is 15.0. The van der Waals surface area contributed by atoms with E-state index in [1.165, 1.54) is 12.4 Å². The number of nitrogens with one attached hydrogen (secondary N) is 1. The number of halogens is 2. The van der Waals surface area contributed by atoms with Gasteiger partial charge in [-0.2, -0.15) is 4.98 Å².